The van der Waals surface area contributed by atoms with Crippen molar-refractivity contribution in [1.29, 1.82) is 0 Å². The maximum absolute atomic E-state index is 6.22. The Morgan fingerprint density at radius 3 is 1.52 bits per heavy atom. The Morgan fingerprint density at radius 2 is 1.13 bits per heavy atom. The minimum atomic E-state index is 0.134. The highest BCUT2D eigenvalue weighted by Gasteiger charge is 2.27. The summed E-state index contributed by atoms with van der Waals surface area (Å²) in [6.07, 6.45) is 7.10. The third-order valence-corrected chi connectivity index (χ3v) is 8.05. The van der Waals surface area contributed by atoms with Crippen LogP contribution < -0.4 is 10.6 Å². The molecule has 0 spiro atoms. The molecule has 7 heteroatoms. The van der Waals surface area contributed by atoms with Crippen molar-refractivity contribution in [3.05, 3.63) is 0 Å². The summed E-state index contributed by atoms with van der Waals surface area (Å²) in [5.74, 6) is 2.44. The molecule has 0 aromatic heterocycles. The van der Waals surface area contributed by atoms with Gasteiger partial charge in [-0.1, -0.05) is 0 Å². The number of rotatable bonds is 10. The Kier molecular flexibility index (Phi) is 10.3. The fourth-order valence-corrected chi connectivity index (χ4v) is 6.32. The van der Waals surface area contributed by atoms with Gasteiger partial charge >= 0.3 is 0 Å². The Hall–Kier alpha value is 0.500. The van der Waals surface area contributed by atoms with Crippen LogP contribution in [0.2, 0.25) is 0 Å². The molecule has 0 amide bonds. The van der Waals surface area contributed by atoms with Crippen LogP contribution in [0.1, 0.15) is 12.8 Å². The van der Waals surface area contributed by atoms with Gasteiger partial charge < -0.3 is 20.4 Å². The summed E-state index contributed by atoms with van der Waals surface area (Å²) in [6.45, 7) is 11.9. The maximum Gasteiger partial charge on any atom is 0.204 e. The van der Waals surface area contributed by atoms with Gasteiger partial charge in [0.25, 0.3) is 0 Å². The van der Waals surface area contributed by atoms with Crippen molar-refractivity contribution in [2.75, 3.05) is 89.5 Å². The number of nitrogens with zero attached hydrogens (tertiary/aromatic N) is 2. The topological polar surface area (TPSA) is 39.8 Å². The van der Waals surface area contributed by atoms with Gasteiger partial charge in [0.15, 0.2) is 0 Å². The first-order valence-electron chi connectivity index (χ1n) is 9.04. The smallest absolute Gasteiger partial charge is 0.204 e. The minimum absolute atomic E-state index is 0.134. The van der Waals surface area contributed by atoms with Crippen molar-refractivity contribution in [3.8, 4) is 0 Å². The van der Waals surface area contributed by atoms with Crippen molar-refractivity contribution in [3.63, 3.8) is 0 Å². The van der Waals surface area contributed by atoms with Crippen LogP contribution in [0.5, 0.6) is 0 Å². The minimum Gasteiger partial charge on any atom is -0.314 e. The van der Waals surface area contributed by atoms with E-state index >= 15 is 0 Å². The lowest BCUT2D eigenvalue weighted by molar-refractivity contribution is 0.242. The molecule has 2 N–H and O–H groups in total. The van der Waals surface area contributed by atoms with Gasteiger partial charge in [0.1, 0.15) is 24.0 Å². The fraction of sp³-hybridized carbons (Fsp3) is 1.00. The van der Waals surface area contributed by atoms with Crippen LogP contribution in [0.4, 0.5) is 0 Å². The van der Waals surface area contributed by atoms with E-state index in [1.54, 1.807) is 0 Å². The van der Waals surface area contributed by atoms with Crippen molar-refractivity contribution in [2.45, 2.75) is 12.8 Å². The second kappa shape index (κ2) is 12.0. The average Bonchev–Trinajstić information content (AvgIpc) is 2.57. The summed E-state index contributed by atoms with van der Waals surface area (Å²) in [7, 11) is 0. The molecule has 2 fully saturated rings. The standard InChI is InChI=1S/C16H36N4OS2/c1-22(15-3-9-19-11-5-17-6-12-19)21-23(2)16-4-10-20-13-7-18-8-14-20/h17-18H,3-16H2,1-2H3/q+2. The zero-order valence-electron chi connectivity index (χ0n) is 15.0. The Bertz CT molecular complexity index is 272. The second-order valence-corrected chi connectivity index (χ2v) is 10.2. The summed E-state index contributed by atoms with van der Waals surface area (Å²) in [5.41, 5.74) is 0. The fourth-order valence-electron chi connectivity index (χ4n) is 3.12. The molecule has 0 aromatic carbocycles. The molecule has 0 saturated carbocycles. The lowest BCUT2D eigenvalue weighted by Crippen LogP contribution is -2.44. The van der Waals surface area contributed by atoms with E-state index in [2.05, 4.69) is 32.9 Å². The summed E-state index contributed by atoms with van der Waals surface area (Å²) < 4.78 is 6.22. The first-order valence-corrected chi connectivity index (χ1v) is 12.5. The maximum atomic E-state index is 6.22. The molecular formula is C16H36N4OS2+2. The molecule has 0 radical (unpaired) electrons. The molecule has 0 bridgehead atoms. The van der Waals surface area contributed by atoms with E-state index in [0.29, 0.717) is 0 Å². The van der Waals surface area contributed by atoms with Gasteiger partial charge in [-0.05, 0) is 0 Å². The molecule has 2 rings (SSSR count). The van der Waals surface area contributed by atoms with Crippen LogP contribution in [-0.2, 0) is 26.0 Å². The number of nitrogens with one attached hydrogen (secondary N) is 2. The molecule has 0 aromatic rings. The SMILES string of the molecule is C[S+](CCCN1CCNCC1)O[S+](C)CCCN1CCNCC1. The summed E-state index contributed by atoms with van der Waals surface area (Å²) in [6, 6.07) is 0. The van der Waals surface area contributed by atoms with E-state index in [1.807, 2.05) is 0 Å². The highest BCUT2D eigenvalue weighted by Crippen LogP contribution is 2.08. The van der Waals surface area contributed by atoms with Crippen LogP contribution in [0.15, 0.2) is 0 Å². The third kappa shape index (κ3) is 8.95. The molecule has 2 unspecified atom stereocenters. The highest BCUT2D eigenvalue weighted by molar-refractivity contribution is 8.04. The molecule has 136 valence electrons. The molecule has 0 aliphatic carbocycles. The average molecular weight is 365 g/mol. The zero-order valence-corrected chi connectivity index (χ0v) is 16.7. The number of hydrogen-bond acceptors (Lipinski definition) is 5. The van der Waals surface area contributed by atoms with Gasteiger partial charge in [0.05, 0.1) is 0 Å². The van der Waals surface area contributed by atoms with E-state index in [0.717, 1.165) is 26.2 Å². The first-order chi connectivity index (χ1) is 11.2. The third-order valence-electron chi connectivity index (χ3n) is 4.46. The summed E-state index contributed by atoms with van der Waals surface area (Å²) in [5, 5.41) is 6.83. The lowest BCUT2D eigenvalue weighted by Gasteiger charge is -2.26. The molecule has 23 heavy (non-hydrogen) atoms. The van der Waals surface area contributed by atoms with Crippen LogP contribution in [0.25, 0.3) is 0 Å². The van der Waals surface area contributed by atoms with E-state index in [-0.39, 0.29) is 22.4 Å². The molecule has 2 aliphatic heterocycles. The van der Waals surface area contributed by atoms with Crippen LogP contribution >= 0.6 is 0 Å². The van der Waals surface area contributed by atoms with Crippen molar-refractivity contribution in [2.24, 2.45) is 0 Å². The van der Waals surface area contributed by atoms with Crippen molar-refractivity contribution >= 4 is 22.4 Å². The van der Waals surface area contributed by atoms with Gasteiger partial charge in [0, 0.05) is 81.9 Å². The van der Waals surface area contributed by atoms with Gasteiger partial charge in [-0.2, -0.15) is 0 Å². The summed E-state index contributed by atoms with van der Waals surface area (Å²) in [4.78, 5) is 5.15. The molecule has 2 aliphatic rings. The Morgan fingerprint density at radius 1 is 0.739 bits per heavy atom. The predicted molar refractivity (Wildman–Crippen MR) is 105 cm³/mol. The molecule has 2 atom stereocenters. The van der Waals surface area contributed by atoms with Crippen LogP contribution in [0, 0.1) is 0 Å². The normalized spacial score (nSPS) is 23.7. The van der Waals surface area contributed by atoms with E-state index in [9.17, 15) is 0 Å². The van der Waals surface area contributed by atoms with Crippen LogP contribution in [0.3, 0.4) is 0 Å². The lowest BCUT2D eigenvalue weighted by atomic mass is 10.3. The van der Waals surface area contributed by atoms with E-state index < -0.39 is 0 Å². The second-order valence-electron chi connectivity index (χ2n) is 6.51. The number of piperazine rings is 2. The predicted octanol–water partition coefficient (Wildman–Crippen LogP) is -0.0802. The Labute approximate surface area is 149 Å². The first kappa shape index (κ1) is 19.8. The Balaban J connectivity index is 1.45. The van der Waals surface area contributed by atoms with Crippen molar-refractivity contribution < 1.29 is 3.63 Å². The van der Waals surface area contributed by atoms with E-state index in [4.69, 9.17) is 3.63 Å². The van der Waals surface area contributed by atoms with Gasteiger partial charge in [-0.25, -0.2) is 0 Å². The molecule has 2 saturated heterocycles. The van der Waals surface area contributed by atoms with Gasteiger partial charge in [0.2, 0.25) is 22.4 Å². The van der Waals surface area contributed by atoms with Gasteiger partial charge in [-0.3, -0.25) is 0 Å². The molecular weight excluding hydrogens is 328 g/mol. The highest BCUT2D eigenvalue weighted by atomic mass is 32.3. The quantitative estimate of drug-likeness (QED) is 0.531. The largest absolute Gasteiger partial charge is 0.314 e. The molecule has 5 nitrogen and oxygen atoms in total. The molecule has 2 heterocycles. The van der Waals surface area contributed by atoms with Crippen LogP contribution in [-0.4, -0.2) is 99.3 Å². The zero-order chi connectivity index (χ0) is 16.3. The van der Waals surface area contributed by atoms with Crippen molar-refractivity contribution in [1.82, 2.24) is 20.4 Å². The number of hydrogen-bond donors (Lipinski definition) is 2. The van der Waals surface area contributed by atoms with Gasteiger partial charge in [-0.15, -0.1) is 0 Å². The van der Waals surface area contributed by atoms with E-state index in [1.165, 1.54) is 63.6 Å². The summed E-state index contributed by atoms with van der Waals surface area (Å²) >= 11 is 0.268. The monoisotopic (exact) mass is 364 g/mol.